The SMILES string of the molecule is OC(C(F)(F)F)(C(F)(F)F)C12C3C[C@@H]4C(OC(C(F)(F)F)(C(F)(F)F)C41)C32. The second-order valence-electron chi connectivity index (χ2n) is 7.46. The van der Waals surface area contributed by atoms with Crippen LogP contribution < -0.4 is 0 Å². The van der Waals surface area contributed by atoms with Crippen LogP contribution >= 0.6 is 0 Å². The highest BCUT2D eigenvalue weighted by molar-refractivity contribution is 5.43. The Morgan fingerprint density at radius 3 is 1.56 bits per heavy atom. The van der Waals surface area contributed by atoms with Gasteiger partial charge in [-0.3, -0.25) is 0 Å². The summed E-state index contributed by atoms with van der Waals surface area (Å²) < 4.78 is 164. The monoisotopic (exact) mass is 424 g/mol. The zero-order valence-corrected chi connectivity index (χ0v) is 12.5. The molecule has 27 heavy (non-hydrogen) atoms. The van der Waals surface area contributed by atoms with E-state index in [4.69, 9.17) is 0 Å². The van der Waals surface area contributed by atoms with Gasteiger partial charge in [0.05, 0.1) is 6.10 Å². The van der Waals surface area contributed by atoms with Crippen molar-refractivity contribution in [2.75, 3.05) is 0 Å². The van der Waals surface area contributed by atoms with E-state index >= 15 is 0 Å². The van der Waals surface area contributed by atoms with Crippen molar-refractivity contribution in [2.45, 2.75) is 48.4 Å². The predicted octanol–water partition coefficient (Wildman–Crippen LogP) is 3.99. The smallest absolute Gasteiger partial charge is 0.373 e. The fraction of sp³-hybridized carbons (Fsp3) is 1.00. The predicted molar refractivity (Wildman–Crippen MR) is 57.8 cm³/mol. The van der Waals surface area contributed by atoms with Gasteiger partial charge in [-0.25, -0.2) is 0 Å². The van der Waals surface area contributed by atoms with Crippen molar-refractivity contribution in [1.29, 1.82) is 0 Å². The van der Waals surface area contributed by atoms with E-state index in [0.717, 1.165) is 0 Å². The fourth-order valence-electron chi connectivity index (χ4n) is 6.29. The van der Waals surface area contributed by atoms with E-state index < -0.39 is 77.5 Å². The summed E-state index contributed by atoms with van der Waals surface area (Å²) in [5.74, 6) is -8.71. The van der Waals surface area contributed by atoms with Gasteiger partial charge in [0.15, 0.2) is 0 Å². The molecule has 1 aliphatic heterocycles. The zero-order valence-electron chi connectivity index (χ0n) is 12.5. The molecule has 156 valence electrons. The van der Waals surface area contributed by atoms with E-state index in [1.807, 2.05) is 0 Å². The number of alkyl halides is 12. The molecule has 1 saturated heterocycles. The Balaban J connectivity index is 1.98. The molecule has 0 radical (unpaired) electrons. The maximum Gasteiger partial charge on any atom is 0.426 e. The second-order valence-corrected chi connectivity index (χ2v) is 7.46. The van der Waals surface area contributed by atoms with Gasteiger partial charge in [0, 0.05) is 11.3 Å². The van der Waals surface area contributed by atoms with Gasteiger partial charge in [-0.2, -0.15) is 52.7 Å². The Kier molecular flexibility index (Phi) is 3.10. The van der Waals surface area contributed by atoms with Gasteiger partial charge in [0.2, 0.25) is 0 Å². The van der Waals surface area contributed by atoms with Crippen molar-refractivity contribution < 1.29 is 62.5 Å². The molecule has 1 N–H and O–H groups in total. The summed E-state index contributed by atoms with van der Waals surface area (Å²) in [6, 6.07) is 0. The highest BCUT2D eigenvalue weighted by Crippen LogP contribution is 2.93. The molecular weight excluding hydrogens is 416 g/mol. The third-order valence-corrected chi connectivity index (χ3v) is 6.78. The molecule has 0 aromatic heterocycles. The Morgan fingerprint density at radius 1 is 0.778 bits per heavy atom. The van der Waals surface area contributed by atoms with Gasteiger partial charge in [-0.1, -0.05) is 0 Å². The maximum atomic E-state index is 13.4. The van der Waals surface area contributed by atoms with Crippen LogP contribution in [-0.2, 0) is 4.74 Å². The van der Waals surface area contributed by atoms with Crippen molar-refractivity contribution in [3.63, 3.8) is 0 Å². The number of rotatable bonds is 1. The molecule has 0 spiro atoms. The molecule has 5 rings (SSSR count). The molecule has 5 aliphatic rings. The summed E-state index contributed by atoms with van der Waals surface area (Å²) in [7, 11) is 0. The Labute approximate surface area is 141 Å². The van der Waals surface area contributed by atoms with Gasteiger partial charge in [-0.05, 0) is 24.2 Å². The minimum absolute atomic E-state index is 0.734. The van der Waals surface area contributed by atoms with E-state index in [1.54, 1.807) is 0 Å². The number of hydrogen-bond acceptors (Lipinski definition) is 2. The van der Waals surface area contributed by atoms with Crippen LogP contribution in [0.1, 0.15) is 6.42 Å². The molecule has 6 bridgehead atoms. The average molecular weight is 424 g/mol. The standard InChI is InChI=1S/C13H8F12O2/c14-10(15,16)8(11(17,18)19)6-2-1-3-4(5(2)27-8)7(3,6)9(26,12(20,21)22)13(23,24)25/h2-6,26H,1H2/t2-,3?,4?,5?,6?,7?/m1/s1. The normalized spacial score (nSPS) is 42.8. The third kappa shape index (κ3) is 1.61. The van der Waals surface area contributed by atoms with Gasteiger partial charge in [0.1, 0.15) is 0 Å². The van der Waals surface area contributed by atoms with E-state index in [-0.39, 0.29) is 0 Å². The first-order chi connectivity index (χ1) is 11.8. The van der Waals surface area contributed by atoms with Crippen molar-refractivity contribution >= 4 is 0 Å². The molecule has 4 saturated carbocycles. The molecule has 14 heteroatoms. The van der Waals surface area contributed by atoms with Crippen LogP contribution in [0.15, 0.2) is 0 Å². The van der Waals surface area contributed by atoms with Crippen LogP contribution in [-0.4, -0.2) is 47.1 Å². The minimum Gasteiger partial charge on any atom is -0.373 e. The van der Waals surface area contributed by atoms with Crippen LogP contribution in [0.25, 0.3) is 0 Å². The first-order valence-electron chi connectivity index (χ1n) is 7.49. The lowest BCUT2D eigenvalue weighted by Crippen LogP contribution is -2.72. The summed E-state index contributed by atoms with van der Waals surface area (Å²) >= 11 is 0. The van der Waals surface area contributed by atoms with E-state index in [1.165, 1.54) is 0 Å². The van der Waals surface area contributed by atoms with Crippen LogP contribution in [0.3, 0.4) is 0 Å². The van der Waals surface area contributed by atoms with Crippen molar-refractivity contribution in [1.82, 2.24) is 0 Å². The summed E-state index contributed by atoms with van der Waals surface area (Å²) in [6.07, 6.45) is -28.5. The molecule has 5 unspecified atom stereocenters. The number of hydrogen-bond donors (Lipinski definition) is 1. The number of ether oxygens (including phenoxy) is 1. The molecule has 0 aromatic carbocycles. The molecular formula is C13H8F12O2. The van der Waals surface area contributed by atoms with Crippen molar-refractivity contribution in [2.24, 2.45) is 29.1 Å². The van der Waals surface area contributed by atoms with Crippen LogP contribution in [0.2, 0.25) is 0 Å². The van der Waals surface area contributed by atoms with Crippen LogP contribution in [0.4, 0.5) is 52.7 Å². The molecule has 0 amide bonds. The molecule has 5 fully saturated rings. The highest BCUT2D eigenvalue weighted by atomic mass is 19.4. The first kappa shape index (κ1) is 19.4. The lowest BCUT2D eigenvalue weighted by molar-refractivity contribution is -0.434. The Hall–Kier alpha value is -0.920. The van der Waals surface area contributed by atoms with Crippen molar-refractivity contribution in [3.05, 3.63) is 0 Å². The quantitative estimate of drug-likeness (QED) is 0.646. The lowest BCUT2D eigenvalue weighted by atomic mass is 9.66. The Morgan fingerprint density at radius 2 is 1.22 bits per heavy atom. The third-order valence-electron chi connectivity index (χ3n) is 6.78. The van der Waals surface area contributed by atoms with Gasteiger partial charge in [0.25, 0.3) is 11.2 Å². The van der Waals surface area contributed by atoms with E-state index in [0.29, 0.717) is 0 Å². The first-order valence-corrected chi connectivity index (χ1v) is 7.49. The molecule has 1 heterocycles. The second kappa shape index (κ2) is 4.31. The Bertz CT molecular complexity index is 633. The summed E-state index contributed by atoms with van der Waals surface area (Å²) in [5.41, 5.74) is -14.6. The lowest BCUT2D eigenvalue weighted by Gasteiger charge is -2.48. The summed E-state index contributed by atoms with van der Waals surface area (Å²) in [5, 5.41) is 9.73. The fourth-order valence-corrected chi connectivity index (χ4v) is 6.29. The van der Waals surface area contributed by atoms with Gasteiger partial charge < -0.3 is 9.84 Å². The molecule has 2 nitrogen and oxygen atoms in total. The zero-order chi connectivity index (χ0) is 20.8. The van der Waals surface area contributed by atoms with Gasteiger partial charge in [-0.15, -0.1) is 0 Å². The summed E-state index contributed by atoms with van der Waals surface area (Å²) in [6.45, 7) is 0. The molecule has 0 aromatic rings. The number of aliphatic hydroxyl groups is 1. The minimum atomic E-state index is -6.53. The van der Waals surface area contributed by atoms with E-state index in [2.05, 4.69) is 4.74 Å². The molecule has 6 atom stereocenters. The largest absolute Gasteiger partial charge is 0.426 e. The van der Waals surface area contributed by atoms with Crippen LogP contribution in [0.5, 0.6) is 0 Å². The number of halogens is 12. The molecule has 4 aliphatic carbocycles. The van der Waals surface area contributed by atoms with Crippen LogP contribution in [0, 0.1) is 29.1 Å². The topological polar surface area (TPSA) is 29.5 Å². The highest BCUT2D eigenvalue weighted by Gasteiger charge is 3.05. The maximum absolute atomic E-state index is 13.4. The average Bonchev–Trinajstić information content (AvgIpc) is 2.79. The summed E-state index contributed by atoms with van der Waals surface area (Å²) in [4.78, 5) is 0. The van der Waals surface area contributed by atoms with Crippen molar-refractivity contribution in [3.8, 4) is 0 Å². The van der Waals surface area contributed by atoms with E-state index in [9.17, 15) is 57.8 Å². The van der Waals surface area contributed by atoms with Gasteiger partial charge >= 0.3 is 24.7 Å².